The lowest BCUT2D eigenvalue weighted by Gasteiger charge is -2.21. The van der Waals surface area contributed by atoms with Crippen molar-refractivity contribution < 1.29 is 13.2 Å². The lowest BCUT2D eigenvalue weighted by molar-refractivity contribution is 0.177. The molecule has 6 heteroatoms. The maximum Gasteiger partial charge on any atom is 0.214 e. The summed E-state index contributed by atoms with van der Waals surface area (Å²) < 4.78 is 31.0. The fourth-order valence-corrected chi connectivity index (χ4v) is 3.65. The zero-order chi connectivity index (χ0) is 13.4. The van der Waals surface area contributed by atoms with Crippen LogP contribution in [0.4, 0.5) is 0 Å². The highest BCUT2D eigenvalue weighted by Crippen LogP contribution is 2.29. The lowest BCUT2D eigenvalue weighted by Crippen LogP contribution is -2.38. The van der Waals surface area contributed by atoms with Crippen LogP contribution in [-0.4, -0.2) is 57.9 Å². The van der Waals surface area contributed by atoms with Crippen molar-refractivity contribution in [3.63, 3.8) is 0 Å². The molecule has 0 aromatic rings. The Morgan fingerprint density at radius 2 is 2.06 bits per heavy atom. The summed E-state index contributed by atoms with van der Waals surface area (Å²) in [6, 6.07) is 0.230. The summed E-state index contributed by atoms with van der Waals surface area (Å²) >= 11 is 0. The zero-order valence-corrected chi connectivity index (χ0v) is 12.3. The van der Waals surface area contributed by atoms with Crippen LogP contribution in [-0.2, 0) is 14.8 Å². The molecule has 0 aromatic carbocycles. The van der Waals surface area contributed by atoms with Crippen molar-refractivity contribution in [2.24, 2.45) is 0 Å². The van der Waals surface area contributed by atoms with Gasteiger partial charge in [-0.15, -0.1) is 0 Å². The van der Waals surface area contributed by atoms with Crippen LogP contribution < -0.4 is 5.32 Å². The first-order valence-electron chi connectivity index (χ1n) is 6.81. The number of hydrogen-bond acceptors (Lipinski definition) is 4. The summed E-state index contributed by atoms with van der Waals surface area (Å²) in [5, 5.41) is 3.23. The van der Waals surface area contributed by atoms with E-state index in [1.54, 1.807) is 11.4 Å². The highest BCUT2D eigenvalue weighted by atomic mass is 32.2. The van der Waals surface area contributed by atoms with E-state index in [0.717, 1.165) is 32.4 Å². The summed E-state index contributed by atoms with van der Waals surface area (Å²) in [6.07, 6.45) is 3.75. The van der Waals surface area contributed by atoms with Crippen molar-refractivity contribution in [3.8, 4) is 0 Å². The van der Waals surface area contributed by atoms with Gasteiger partial charge >= 0.3 is 0 Å². The molecule has 0 aliphatic heterocycles. The van der Waals surface area contributed by atoms with Gasteiger partial charge in [-0.1, -0.05) is 6.92 Å². The minimum atomic E-state index is -3.11. The fourth-order valence-electron chi connectivity index (χ4n) is 1.89. The summed E-state index contributed by atoms with van der Waals surface area (Å²) in [7, 11) is -1.50. The predicted molar refractivity (Wildman–Crippen MR) is 73.2 cm³/mol. The van der Waals surface area contributed by atoms with Gasteiger partial charge in [0, 0.05) is 19.7 Å². The van der Waals surface area contributed by atoms with Gasteiger partial charge in [-0.2, -0.15) is 4.31 Å². The Morgan fingerprint density at radius 3 is 2.61 bits per heavy atom. The molecule has 1 N–H and O–H groups in total. The molecule has 5 nitrogen and oxygen atoms in total. The quantitative estimate of drug-likeness (QED) is 0.568. The summed E-state index contributed by atoms with van der Waals surface area (Å²) in [6.45, 7) is 4.80. The lowest BCUT2D eigenvalue weighted by atomic mass is 10.4. The molecule has 1 aliphatic carbocycles. The Labute approximate surface area is 111 Å². The van der Waals surface area contributed by atoms with Gasteiger partial charge in [-0.05, 0) is 38.8 Å². The topological polar surface area (TPSA) is 58.6 Å². The predicted octanol–water partition coefficient (Wildman–Crippen LogP) is 0.817. The average molecular weight is 278 g/mol. The Bertz CT molecular complexity index is 315. The van der Waals surface area contributed by atoms with Gasteiger partial charge in [0.15, 0.2) is 0 Å². The van der Waals surface area contributed by atoms with E-state index >= 15 is 0 Å². The molecule has 1 fully saturated rings. The molecule has 0 aromatic heterocycles. The molecule has 108 valence electrons. The number of methoxy groups -OCH3 is 1. The summed E-state index contributed by atoms with van der Waals surface area (Å²) in [5.41, 5.74) is 0. The van der Waals surface area contributed by atoms with Crippen molar-refractivity contribution in [1.82, 2.24) is 9.62 Å². The van der Waals surface area contributed by atoms with Crippen LogP contribution in [0.15, 0.2) is 0 Å². The van der Waals surface area contributed by atoms with E-state index < -0.39 is 10.0 Å². The van der Waals surface area contributed by atoms with Gasteiger partial charge in [0.1, 0.15) is 0 Å². The van der Waals surface area contributed by atoms with Crippen LogP contribution in [0.2, 0.25) is 0 Å². The Kier molecular flexibility index (Phi) is 7.14. The largest absolute Gasteiger partial charge is 0.383 e. The van der Waals surface area contributed by atoms with E-state index in [-0.39, 0.29) is 11.8 Å². The third-order valence-corrected chi connectivity index (χ3v) is 5.01. The maximum atomic E-state index is 12.2. The van der Waals surface area contributed by atoms with Crippen LogP contribution in [0.5, 0.6) is 0 Å². The van der Waals surface area contributed by atoms with Gasteiger partial charge in [0.25, 0.3) is 0 Å². The molecule has 1 rings (SSSR count). The van der Waals surface area contributed by atoms with Crippen molar-refractivity contribution in [2.75, 3.05) is 39.1 Å². The molecule has 1 saturated carbocycles. The van der Waals surface area contributed by atoms with Gasteiger partial charge in [0.05, 0.1) is 12.4 Å². The number of hydrogen-bond donors (Lipinski definition) is 1. The normalized spacial score (nSPS) is 16.4. The molecule has 0 amide bonds. The number of ether oxygens (including phenoxy) is 1. The second kappa shape index (κ2) is 8.09. The van der Waals surface area contributed by atoms with Crippen LogP contribution >= 0.6 is 0 Å². The van der Waals surface area contributed by atoms with Gasteiger partial charge in [-0.25, -0.2) is 8.42 Å². The van der Waals surface area contributed by atoms with Gasteiger partial charge in [-0.3, -0.25) is 0 Å². The number of sulfonamides is 1. The van der Waals surface area contributed by atoms with Crippen molar-refractivity contribution >= 4 is 10.0 Å². The van der Waals surface area contributed by atoms with Crippen molar-refractivity contribution in [3.05, 3.63) is 0 Å². The molecule has 0 saturated heterocycles. The molecule has 0 radical (unpaired) electrons. The Balaban J connectivity index is 2.33. The number of nitrogens with one attached hydrogen (secondary N) is 1. The Morgan fingerprint density at radius 1 is 1.33 bits per heavy atom. The smallest absolute Gasteiger partial charge is 0.214 e. The maximum absolute atomic E-state index is 12.2. The molecule has 0 bridgehead atoms. The second-order valence-corrected chi connectivity index (χ2v) is 6.80. The molecule has 18 heavy (non-hydrogen) atoms. The summed E-state index contributed by atoms with van der Waals surface area (Å²) in [4.78, 5) is 0. The zero-order valence-electron chi connectivity index (χ0n) is 11.5. The van der Waals surface area contributed by atoms with E-state index in [1.165, 1.54) is 0 Å². The third-order valence-electron chi connectivity index (χ3n) is 3.01. The van der Waals surface area contributed by atoms with Gasteiger partial charge < -0.3 is 10.1 Å². The van der Waals surface area contributed by atoms with Crippen LogP contribution in [0.25, 0.3) is 0 Å². The van der Waals surface area contributed by atoms with Crippen molar-refractivity contribution in [2.45, 2.75) is 38.6 Å². The monoisotopic (exact) mass is 278 g/mol. The van der Waals surface area contributed by atoms with E-state index in [2.05, 4.69) is 12.2 Å². The van der Waals surface area contributed by atoms with Crippen molar-refractivity contribution in [1.29, 1.82) is 0 Å². The van der Waals surface area contributed by atoms with Crippen LogP contribution in [0.3, 0.4) is 0 Å². The number of nitrogens with zero attached hydrogens (tertiary/aromatic N) is 1. The second-order valence-electron chi connectivity index (χ2n) is 4.75. The number of rotatable bonds is 11. The minimum Gasteiger partial charge on any atom is -0.383 e. The highest BCUT2D eigenvalue weighted by Gasteiger charge is 2.36. The molecule has 1 aliphatic rings. The van der Waals surface area contributed by atoms with E-state index in [9.17, 15) is 8.42 Å². The SMILES string of the molecule is CCCNCCCS(=O)(=O)N(CCOC)C1CC1. The first kappa shape index (κ1) is 15.9. The van der Waals surface area contributed by atoms with E-state index in [4.69, 9.17) is 4.74 Å². The molecular weight excluding hydrogens is 252 g/mol. The average Bonchev–Trinajstić information content (AvgIpc) is 3.13. The first-order chi connectivity index (χ1) is 8.61. The first-order valence-corrected chi connectivity index (χ1v) is 8.42. The summed E-state index contributed by atoms with van der Waals surface area (Å²) in [5.74, 6) is 0.240. The van der Waals surface area contributed by atoms with Crippen LogP contribution in [0.1, 0.15) is 32.6 Å². The highest BCUT2D eigenvalue weighted by molar-refractivity contribution is 7.89. The third kappa shape index (κ3) is 5.65. The fraction of sp³-hybridized carbons (Fsp3) is 1.00. The van der Waals surface area contributed by atoms with Crippen LogP contribution in [0, 0.1) is 0 Å². The molecule has 0 unspecified atom stereocenters. The van der Waals surface area contributed by atoms with E-state index in [0.29, 0.717) is 19.6 Å². The van der Waals surface area contributed by atoms with E-state index in [1.807, 2.05) is 0 Å². The molecular formula is C12H26N2O3S. The molecule has 0 heterocycles. The minimum absolute atomic E-state index is 0.230. The van der Waals surface area contributed by atoms with Gasteiger partial charge in [0.2, 0.25) is 10.0 Å². The molecule has 0 atom stereocenters. The Hall–Kier alpha value is -0.170. The molecule has 0 spiro atoms. The standard InChI is InChI=1S/C12H26N2O3S/c1-3-7-13-8-4-11-18(15,16)14(9-10-17-2)12-5-6-12/h12-13H,3-11H2,1-2H3.